The largest absolute Gasteiger partial charge is 0.357 e. The zero-order chi connectivity index (χ0) is 21.1. The highest BCUT2D eigenvalue weighted by Crippen LogP contribution is 2.31. The molecule has 3 aliphatic rings. The van der Waals surface area contributed by atoms with Gasteiger partial charge in [-0.3, -0.25) is 9.89 Å². The molecule has 0 atom stereocenters. The van der Waals surface area contributed by atoms with Crippen LogP contribution in [0, 0.1) is 0 Å². The number of guanidine groups is 1. The normalized spacial score (nSPS) is 24.3. The number of nitrogens with zero attached hydrogens (tertiary/aromatic N) is 4. The zero-order valence-corrected chi connectivity index (χ0v) is 22.7. The summed E-state index contributed by atoms with van der Waals surface area (Å²) in [6.07, 6.45) is 13.4. The zero-order valence-electron chi connectivity index (χ0n) is 20.3. The predicted molar refractivity (Wildman–Crippen MR) is 144 cm³/mol. The first-order valence-electron chi connectivity index (χ1n) is 12.9. The van der Waals surface area contributed by atoms with Crippen LogP contribution in [0.3, 0.4) is 0 Å². The molecule has 3 fully saturated rings. The molecular weight excluding hydrogens is 499 g/mol. The molecule has 2 N–H and O–H groups in total. The van der Waals surface area contributed by atoms with Gasteiger partial charge in [0.15, 0.2) is 5.96 Å². The van der Waals surface area contributed by atoms with Crippen LogP contribution in [0.1, 0.15) is 71.1 Å². The minimum atomic E-state index is 0. The highest BCUT2D eigenvalue weighted by Gasteiger charge is 2.39. The lowest BCUT2D eigenvalue weighted by atomic mass is 9.84. The Morgan fingerprint density at radius 2 is 1.45 bits per heavy atom. The van der Waals surface area contributed by atoms with Crippen molar-refractivity contribution in [2.75, 3.05) is 72.5 Å². The number of hydrogen-bond acceptors (Lipinski definition) is 4. The monoisotopic (exact) mass is 548 g/mol. The fourth-order valence-electron chi connectivity index (χ4n) is 5.41. The first kappa shape index (κ1) is 27.1. The van der Waals surface area contributed by atoms with Crippen molar-refractivity contribution in [2.45, 2.75) is 76.7 Å². The molecule has 3 saturated heterocycles. The second-order valence-electron chi connectivity index (χ2n) is 9.81. The van der Waals surface area contributed by atoms with Crippen molar-refractivity contribution in [3.8, 4) is 0 Å². The van der Waals surface area contributed by atoms with E-state index in [1.165, 1.54) is 110 Å². The Bertz CT molecular complexity index is 492. The van der Waals surface area contributed by atoms with Crippen LogP contribution in [0.4, 0.5) is 0 Å². The molecule has 0 unspecified atom stereocenters. The summed E-state index contributed by atoms with van der Waals surface area (Å²) < 4.78 is 0. The molecule has 0 aliphatic carbocycles. The van der Waals surface area contributed by atoms with Gasteiger partial charge in [-0.25, -0.2) is 0 Å². The Balaban J connectivity index is 0.00000341. The topological polar surface area (TPSA) is 46.1 Å². The Kier molecular flexibility index (Phi) is 13.0. The van der Waals surface area contributed by atoms with E-state index in [1.54, 1.807) is 0 Å². The molecular formula is C24H49IN6. The van der Waals surface area contributed by atoms with Crippen LogP contribution < -0.4 is 10.6 Å². The molecule has 3 aliphatic heterocycles. The van der Waals surface area contributed by atoms with Crippen molar-refractivity contribution in [1.29, 1.82) is 0 Å². The molecule has 3 heterocycles. The number of piperidine rings is 2. The lowest BCUT2D eigenvalue weighted by Gasteiger charge is -2.49. The highest BCUT2D eigenvalue weighted by molar-refractivity contribution is 14.0. The van der Waals surface area contributed by atoms with Gasteiger partial charge < -0.3 is 20.4 Å². The van der Waals surface area contributed by atoms with Gasteiger partial charge in [0, 0.05) is 18.6 Å². The van der Waals surface area contributed by atoms with Gasteiger partial charge in [0.1, 0.15) is 0 Å². The third-order valence-electron chi connectivity index (χ3n) is 7.46. The summed E-state index contributed by atoms with van der Waals surface area (Å²) in [5.41, 5.74) is 0.265. The molecule has 0 amide bonds. The number of likely N-dealkylation sites (tertiary alicyclic amines) is 3. The highest BCUT2D eigenvalue weighted by atomic mass is 127. The summed E-state index contributed by atoms with van der Waals surface area (Å²) in [7, 11) is 2.26. The molecule has 3 rings (SSSR count). The van der Waals surface area contributed by atoms with Crippen LogP contribution in [0.5, 0.6) is 0 Å². The van der Waals surface area contributed by atoms with Gasteiger partial charge in [-0.05, 0) is 105 Å². The minimum absolute atomic E-state index is 0. The third-order valence-corrected chi connectivity index (χ3v) is 7.46. The number of hydrogen-bond donors (Lipinski definition) is 2. The molecule has 6 nitrogen and oxygen atoms in total. The lowest BCUT2D eigenvalue weighted by molar-refractivity contribution is 0.0208. The SMILES string of the molecule is CCNC(=NCC1(N2CCCCC2)CCN(C)CC1)NCCCN1CCCCCC1.I. The van der Waals surface area contributed by atoms with Crippen molar-refractivity contribution in [2.24, 2.45) is 4.99 Å². The van der Waals surface area contributed by atoms with Crippen molar-refractivity contribution < 1.29 is 0 Å². The number of nitrogens with one attached hydrogen (secondary N) is 2. The van der Waals surface area contributed by atoms with Gasteiger partial charge in [-0.2, -0.15) is 0 Å². The average Bonchev–Trinajstić information content (AvgIpc) is 3.06. The smallest absolute Gasteiger partial charge is 0.191 e. The quantitative estimate of drug-likeness (QED) is 0.211. The van der Waals surface area contributed by atoms with Crippen LogP contribution in [0.2, 0.25) is 0 Å². The van der Waals surface area contributed by atoms with Crippen molar-refractivity contribution in [3.05, 3.63) is 0 Å². The second kappa shape index (κ2) is 14.9. The van der Waals surface area contributed by atoms with Crippen LogP contribution in [0.15, 0.2) is 4.99 Å². The molecule has 0 aromatic carbocycles. The summed E-state index contributed by atoms with van der Waals surface area (Å²) in [5, 5.41) is 7.12. The van der Waals surface area contributed by atoms with Gasteiger partial charge in [0.2, 0.25) is 0 Å². The van der Waals surface area contributed by atoms with Gasteiger partial charge in [0.05, 0.1) is 6.54 Å². The number of aliphatic imine (C=N–C) groups is 1. The Hall–Kier alpha value is -0.120. The second-order valence-corrected chi connectivity index (χ2v) is 9.81. The summed E-state index contributed by atoms with van der Waals surface area (Å²) in [6.45, 7) is 13.8. The van der Waals surface area contributed by atoms with E-state index < -0.39 is 0 Å². The summed E-state index contributed by atoms with van der Waals surface area (Å²) in [4.78, 5) is 13.1. The van der Waals surface area contributed by atoms with E-state index in [4.69, 9.17) is 4.99 Å². The maximum absolute atomic E-state index is 5.13. The maximum atomic E-state index is 5.13. The van der Waals surface area contributed by atoms with E-state index in [1.807, 2.05) is 0 Å². The van der Waals surface area contributed by atoms with Crippen LogP contribution in [0.25, 0.3) is 0 Å². The van der Waals surface area contributed by atoms with Crippen molar-refractivity contribution in [3.63, 3.8) is 0 Å². The predicted octanol–water partition coefficient (Wildman–Crippen LogP) is 3.38. The molecule has 31 heavy (non-hydrogen) atoms. The fourth-order valence-corrected chi connectivity index (χ4v) is 5.41. The molecule has 0 aromatic heterocycles. The van der Waals surface area contributed by atoms with Crippen LogP contribution in [-0.2, 0) is 0 Å². The summed E-state index contributed by atoms with van der Waals surface area (Å²) in [5.74, 6) is 1.02. The van der Waals surface area contributed by atoms with Crippen molar-refractivity contribution in [1.82, 2.24) is 25.3 Å². The molecule has 0 spiro atoms. The van der Waals surface area contributed by atoms with E-state index in [0.29, 0.717) is 0 Å². The molecule has 182 valence electrons. The van der Waals surface area contributed by atoms with Gasteiger partial charge in [0.25, 0.3) is 0 Å². The average molecular weight is 549 g/mol. The van der Waals surface area contributed by atoms with Crippen LogP contribution in [-0.4, -0.2) is 98.7 Å². The van der Waals surface area contributed by atoms with Gasteiger partial charge in [-0.15, -0.1) is 24.0 Å². The minimum Gasteiger partial charge on any atom is -0.357 e. The van der Waals surface area contributed by atoms with Gasteiger partial charge >= 0.3 is 0 Å². The van der Waals surface area contributed by atoms with Gasteiger partial charge in [-0.1, -0.05) is 19.3 Å². The Morgan fingerprint density at radius 1 is 0.839 bits per heavy atom. The van der Waals surface area contributed by atoms with Crippen molar-refractivity contribution >= 4 is 29.9 Å². The first-order chi connectivity index (χ1) is 14.7. The molecule has 0 saturated carbocycles. The fraction of sp³-hybridized carbons (Fsp3) is 0.958. The molecule has 0 aromatic rings. The molecule has 7 heteroatoms. The molecule has 0 bridgehead atoms. The molecule has 0 radical (unpaired) electrons. The Labute approximate surface area is 209 Å². The number of halogens is 1. The van der Waals surface area contributed by atoms with E-state index in [-0.39, 0.29) is 29.5 Å². The third kappa shape index (κ3) is 8.97. The summed E-state index contributed by atoms with van der Waals surface area (Å²) in [6, 6.07) is 0. The maximum Gasteiger partial charge on any atom is 0.191 e. The standard InChI is InChI=1S/C24H48N6.HI/c1-3-25-23(26-14-11-17-29-15-7-4-5-8-16-29)27-22-24(12-20-28(2)21-13-24)30-18-9-6-10-19-30;/h3-22H2,1-2H3,(H2,25,26,27);1H. The van der Waals surface area contributed by atoms with Crippen LogP contribution >= 0.6 is 24.0 Å². The van der Waals surface area contributed by atoms with E-state index in [2.05, 4.69) is 39.3 Å². The lowest BCUT2D eigenvalue weighted by Crippen LogP contribution is -2.58. The Morgan fingerprint density at radius 3 is 2.10 bits per heavy atom. The summed E-state index contributed by atoms with van der Waals surface area (Å²) >= 11 is 0. The van der Waals surface area contributed by atoms with E-state index in [0.717, 1.165) is 25.6 Å². The number of rotatable bonds is 8. The van der Waals surface area contributed by atoms with E-state index >= 15 is 0 Å². The van der Waals surface area contributed by atoms with E-state index in [9.17, 15) is 0 Å². The first-order valence-corrected chi connectivity index (χ1v) is 12.9.